The second-order valence-electron chi connectivity index (χ2n) is 6.18. The Labute approximate surface area is 157 Å². The topological polar surface area (TPSA) is 102 Å². The van der Waals surface area contributed by atoms with E-state index in [0.717, 1.165) is 11.1 Å². The number of hydrogen-bond donors (Lipinski definition) is 2. The molecule has 0 aliphatic rings. The van der Waals surface area contributed by atoms with E-state index in [1.54, 1.807) is 13.0 Å². The molecule has 1 heterocycles. The highest BCUT2D eigenvalue weighted by Gasteiger charge is 2.18. The van der Waals surface area contributed by atoms with Crippen molar-refractivity contribution in [3.63, 3.8) is 0 Å². The zero-order chi connectivity index (χ0) is 20.0. The van der Waals surface area contributed by atoms with E-state index >= 15 is 0 Å². The van der Waals surface area contributed by atoms with Gasteiger partial charge in [0.2, 0.25) is 0 Å². The van der Waals surface area contributed by atoms with Crippen LogP contribution >= 0.6 is 0 Å². The molecule has 1 aromatic heterocycles. The third-order valence-electron chi connectivity index (χ3n) is 4.06. The number of aryl methyl sites for hydroxylation is 2. The van der Waals surface area contributed by atoms with E-state index in [1.807, 2.05) is 32.9 Å². The fraction of sp³-hybridized carbons (Fsp3) is 0.368. The highest BCUT2D eigenvalue weighted by Crippen LogP contribution is 2.21. The highest BCUT2D eigenvalue weighted by molar-refractivity contribution is 5.93. The van der Waals surface area contributed by atoms with Gasteiger partial charge in [0.1, 0.15) is 5.75 Å². The summed E-state index contributed by atoms with van der Waals surface area (Å²) < 4.78 is 6.88. The van der Waals surface area contributed by atoms with Gasteiger partial charge in [-0.15, -0.1) is 0 Å². The maximum absolute atomic E-state index is 12.2. The summed E-state index contributed by atoms with van der Waals surface area (Å²) in [5.41, 5.74) is 6.35. The van der Waals surface area contributed by atoms with Crippen LogP contribution in [-0.2, 0) is 11.3 Å². The molecular weight excluding hydrogens is 348 g/mol. The van der Waals surface area contributed by atoms with E-state index in [2.05, 4.69) is 16.0 Å². The van der Waals surface area contributed by atoms with Crippen molar-refractivity contribution < 1.29 is 14.3 Å². The molecule has 8 heteroatoms. The van der Waals surface area contributed by atoms with Crippen LogP contribution in [0.1, 0.15) is 41.9 Å². The zero-order valence-corrected chi connectivity index (χ0v) is 15.9. The van der Waals surface area contributed by atoms with Crippen LogP contribution in [0, 0.1) is 13.8 Å². The molecule has 0 aliphatic heterocycles. The number of rotatable bonds is 6. The number of benzene rings is 1. The van der Waals surface area contributed by atoms with Crippen LogP contribution < -0.4 is 21.1 Å². The van der Waals surface area contributed by atoms with Gasteiger partial charge in [0.25, 0.3) is 17.4 Å². The summed E-state index contributed by atoms with van der Waals surface area (Å²) in [6.07, 6.45) is -0.102. The van der Waals surface area contributed by atoms with Crippen molar-refractivity contribution in [2.45, 2.75) is 46.8 Å². The van der Waals surface area contributed by atoms with E-state index in [1.165, 1.54) is 16.8 Å². The Morgan fingerprint density at radius 3 is 2.63 bits per heavy atom. The van der Waals surface area contributed by atoms with Gasteiger partial charge < -0.3 is 4.74 Å². The summed E-state index contributed by atoms with van der Waals surface area (Å²) in [6, 6.07) is 8.17. The number of ether oxygens (including phenoxy) is 1. The number of hydrogen-bond acceptors (Lipinski definition) is 5. The lowest BCUT2D eigenvalue weighted by molar-refractivity contribution is -0.128. The lowest BCUT2D eigenvalue weighted by Crippen LogP contribution is -2.47. The van der Waals surface area contributed by atoms with E-state index in [-0.39, 0.29) is 11.3 Å². The molecular formula is C19H24N4O4. The summed E-state index contributed by atoms with van der Waals surface area (Å²) in [6.45, 7) is 7.76. The lowest BCUT2D eigenvalue weighted by Gasteiger charge is -2.17. The third-order valence-corrected chi connectivity index (χ3v) is 4.06. The van der Waals surface area contributed by atoms with Crippen molar-refractivity contribution >= 4 is 11.8 Å². The van der Waals surface area contributed by atoms with Gasteiger partial charge in [0.15, 0.2) is 11.8 Å². The van der Waals surface area contributed by atoms with E-state index in [9.17, 15) is 14.4 Å². The molecule has 0 radical (unpaired) electrons. The normalized spacial score (nSPS) is 11.6. The van der Waals surface area contributed by atoms with Gasteiger partial charge >= 0.3 is 0 Å². The Morgan fingerprint density at radius 1 is 1.19 bits per heavy atom. The number of carbonyl (C=O) groups excluding carboxylic acids is 2. The van der Waals surface area contributed by atoms with Gasteiger partial charge in [-0.05, 0) is 50.5 Å². The maximum atomic E-state index is 12.2. The molecule has 8 nitrogen and oxygen atoms in total. The molecule has 2 aromatic rings. The standard InChI is InChI=1S/C19H24N4O4/c1-5-11-23-17(24)10-9-15(22-23)19(26)21-20-18(25)14(4)27-16-8-6-7-12(2)13(16)3/h6-10,14H,5,11H2,1-4H3,(H,20,25)(H,21,26)/t14-/m1/s1. The van der Waals surface area contributed by atoms with E-state index in [4.69, 9.17) is 4.74 Å². The average Bonchev–Trinajstić information content (AvgIpc) is 2.65. The molecule has 144 valence electrons. The van der Waals surface area contributed by atoms with Crippen molar-refractivity contribution in [2.75, 3.05) is 0 Å². The summed E-state index contributed by atoms with van der Waals surface area (Å²) in [4.78, 5) is 36.0. The minimum Gasteiger partial charge on any atom is -0.481 e. The van der Waals surface area contributed by atoms with Crippen LogP contribution in [0.15, 0.2) is 35.1 Å². The highest BCUT2D eigenvalue weighted by atomic mass is 16.5. The maximum Gasteiger partial charge on any atom is 0.290 e. The minimum absolute atomic E-state index is 0.0338. The molecule has 0 bridgehead atoms. The fourth-order valence-electron chi connectivity index (χ4n) is 2.32. The van der Waals surface area contributed by atoms with Crippen LogP contribution in [0.3, 0.4) is 0 Å². The Bertz CT molecular complexity index is 892. The zero-order valence-electron chi connectivity index (χ0n) is 15.9. The summed E-state index contributed by atoms with van der Waals surface area (Å²) in [7, 11) is 0. The van der Waals surface area contributed by atoms with Crippen molar-refractivity contribution in [3.8, 4) is 5.75 Å². The lowest BCUT2D eigenvalue weighted by atomic mass is 10.1. The average molecular weight is 372 g/mol. The molecule has 2 rings (SSSR count). The second-order valence-corrected chi connectivity index (χ2v) is 6.18. The molecule has 27 heavy (non-hydrogen) atoms. The summed E-state index contributed by atoms with van der Waals surface area (Å²) in [5.74, 6) is -0.518. The van der Waals surface area contributed by atoms with Gasteiger partial charge in [0, 0.05) is 12.6 Å². The van der Waals surface area contributed by atoms with Crippen LogP contribution in [0.2, 0.25) is 0 Å². The first-order valence-corrected chi connectivity index (χ1v) is 8.74. The first-order chi connectivity index (χ1) is 12.8. The quantitative estimate of drug-likeness (QED) is 0.748. The molecule has 0 aliphatic carbocycles. The monoisotopic (exact) mass is 372 g/mol. The molecule has 0 saturated heterocycles. The van der Waals surface area contributed by atoms with Crippen LogP contribution in [0.4, 0.5) is 0 Å². The Morgan fingerprint density at radius 2 is 1.93 bits per heavy atom. The van der Waals surface area contributed by atoms with Crippen LogP contribution in [0.5, 0.6) is 5.75 Å². The van der Waals surface area contributed by atoms with E-state index in [0.29, 0.717) is 18.7 Å². The number of amides is 2. The van der Waals surface area contributed by atoms with Gasteiger partial charge in [-0.25, -0.2) is 4.68 Å². The SMILES string of the molecule is CCCn1nc(C(=O)NNC(=O)[C@@H](C)Oc2cccc(C)c2C)ccc1=O. The molecule has 0 fully saturated rings. The van der Waals surface area contributed by atoms with Gasteiger partial charge in [-0.1, -0.05) is 19.1 Å². The summed E-state index contributed by atoms with van der Waals surface area (Å²) >= 11 is 0. The van der Waals surface area contributed by atoms with Crippen LogP contribution in [0.25, 0.3) is 0 Å². The summed E-state index contributed by atoms with van der Waals surface area (Å²) in [5, 5.41) is 3.98. The molecule has 0 spiro atoms. The first-order valence-electron chi connectivity index (χ1n) is 8.74. The molecule has 0 saturated carbocycles. The number of nitrogens with one attached hydrogen (secondary N) is 2. The second kappa shape index (κ2) is 8.98. The van der Waals surface area contributed by atoms with Crippen molar-refractivity contribution in [3.05, 3.63) is 57.5 Å². The Kier molecular flexibility index (Phi) is 6.70. The Balaban J connectivity index is 1.96. The third kappa shape index (κ3) is 5.16. The minimum atomic E-state index is -0.812. The number of hydrazine groups is 1. The predicted molar refractivity (Wildman–Crippen MR) is 100 cm³/mol. The van der Waals surface area contributed by atoms with Crippen molar-refractivity contribution in [2.24, 2.45) is 0 Å². The fourth-order valence-corrected chi connectivity index (χ4v) is 2.32. The molecule has 2 N–H and O–H groups in total. The molecule has 2 amide bonds. The molecule has 1 aromatic carbocycles. The number of nitrogens with zero attached hydrogens (tertiary/aromatic N) is 2. The predicted octanol–water partition coefficient (Wildman–Crippen LogP) is 1.50. The van der Waals surface area contributed by atoms with Gasteiger partial charge in [0.05, 0.1) is 0 Å². The van der Waals surface area contributed by atoms with Crippen molar-refractivity contribution in [1.29, 1.82) is 0 Å². The smallest absolute Gasteiger partial charge is 0.290 e. The Hall–Kier alpha value is -3.16. The van der Waals surface area contributed by atoms with E-state index < -0.39 is 17.9 Å². The molecule has 1 atom stereocenters. The largest absolute Gasteiger partial charge is 0.481 e. The van der Waals surface area contributed by atoms with Crippen molar-refractivity contribution in [1.82, 2.24) is 20.6 Å². The van der Waals surface area contributed by atoms with Gasteiger partial charge in [-0.3, -0.25) is 25.2 Å². The number of aromatic nitrogens is 2. The first kappa shape index (κ1) is 20.2. The van der Waals surface area contributed by atoms with Crippen LogP contribution in [-0.4, -0.2) is 27.7 Å². The molecule has 0 unspecified atom stereocenters. The van der Waals surface area contributed by atoms with Gasteiger partial charge in [-0.2, -0.15) is 5.10 Å². The number of carbonyl (C=O) groups is 2.